The number of aromatic carboxylic acids is 1. The monoisotopic (exact) mass is 262 g/mol. The third-order valence-electron chi connectivity index (χ3n) is 2.70. The van der Waals surface area contributed by atoms with Crippen molar-refractivity contribution in [3.8, 4) is 22.6 Å². The Morgan fingerprint density at radius 1 is 1.21 bits per heavy atom. The molecule has 0 bridgehead atoms. The fourth-order valence-corrected chi connectivity index (χ4v) is 1.78. The first kappa shape index (κ1) is 12.9. The quantitative estimate of drug-likeness (QED) is 0.892. The summed E-state index contributed by atoms with van der Waals surface area (Å²) in [5, 5.41) is 18.7. The van der Waals surface area contributed by atoms with Crippen LogP contribution in [0.1, 0.15) is 10.4 Å². The minimum absolute atomic E-state index is 0.0212. The summed E-state index contributed by atoms with van der Waals surface area (Å²) in [5.74, 6) is -1.69. The lowest BCUT2D eigenvalue weighted by Gasteiger charge is -2.09. The molecule has 0 atom stereocenters. The fourth-order valence-electron chi connectivity index (χ4n) is 1.78. The molecule has 0 aliphatic rings. The summed E-state index contributed by atoms with van der Waals surface area (Å²) in [5.41, 5.74) is 0.962. The maximum Gasteiger partial charge on any atom is 0.339 e. The van der Waals surface area contributed by atoms with E-state index in [0.29, 0.717) is 11.1 Å². The molecule has 0 aliphatic heterocycles. The van der Waals surface area contributed by atoms with Crippen molar-refractivity contribution in [2.45, 2.75) is 0 Å². The van der Waals surface area contributed by atoms with Gasteiger partial charge in [-0.1, -0.05) is 6.07 Å². The van der Waals surface area contributed by atoms with Gasteiger partial charge in [-0.3, -0.25) is 0 Å². The first-order valence-corrected chi connectivity index (χ1v) is 5.43. The largest absolute Gasteiger partial charge is 0.507 e. The van der Waals surface area contributed by atoms with E-state index in [0.717, 1.165) is 6.07 Å². The van der Waals surface area contributed by atoms with Crippen LogP contribution in [0, 0.1) is 5.82 Å². The highest BCUT2D eigenvalue weighted by Crippen LogP contribution is 2.33. The summed E-state index contributed by atoms with van der Waals surface area (Å²) in [6.45, 7) is 0. The van der Waals surface area contributed by atoms with E-state index in [9.17, 15) is 14.3 Å². The van der Waals surface area contributed by atoms with Crippen LogP contribution in [0.5, 0.6) is 11.5 Å². The van der Waals surface area contributed by atoms with Crippen LogP contribution in [0.4, 0.5) is 4.39 Å². The second kappa shape index (κ2) is 4.97. The molecular formula is C14H11FO4. The molecule has 5 heteroatoms. The van der Waals surface area contributed by atoms with Gasteiger partial charge >= 0.3 is 5.97 Å². The summed E-state index contributed by atoms with van der Waals surface area (Å²) in [6.07, 6.45) is 0. The van der Waals surface area contributed by atoms with E-state index in [2.05, 4.69) is 0 Å². The molecule has 2 rings (SSSR count). The van der Waals surface area contributed by atoms with Gasteiger partial charge in [0.1, 0.15) is 22.9 Å². The van der Waals surface area contributed by atoms with Gasteiger partial charge in [0.2, 0.25) is 0 Å². The molecule has 2 aromatic carbocycles. The number of halogens is 1. The van der Waals surface area contributed by atoms with Gasteiger partial charge in [-0.15, -0.1) is 0 Å². The topological polar surface area (TPSA) is 66.8 Å². The minimum atomic E-state index is -1.10. The number of ether oxygens (including phenoxy) is 1. The fraction of sp³-hybridized carbons (Fsp3) is 0.0714. The van der Waals surface area contributed by atoms with Crippen molar-refractivity contribution in [2.75, 3.05) is 7.11 Å². The Kier molecular flexibility index (Phi) is 3.37. The van der Waals surface area contributed by atoms with E-state index >= 15 is 0 Å². The average Bonchev–Trinajstić information content (AvgIpc) is 2.37. The molecule has 0 saturated carbocycles. The van der Waals surface area contributed by atoms with Gasteiger partial charge < -0.3 is 14.9 Å². The molecule has 4 nitrogen and oxygen atoms in total. The highest BCUT2D eigenvalue weighted by Gasteiger charge is 2.13. The number of carbonyl (C=O) groups is 1. The Morgan fingerprint density at radius 2 is 1.95 bits per heavy atom. The second-order valence-electron chi connectivity index (χ2n) is 3.88. The number of carboxylic acids is 1. The Labute approximate surface area is 108 Å². The molecule has 0 saturated heterocycles. The number of phenols is 1. The van der Waals surface area contributed by atoms with E-state index < -0.39 is 11.8 Å². The van der Waals surface area contributed by atoms with Crippen LogP contribution in [0.25, 0.3) is 11.1 Å². The Balaban J connectivity index is 2.54. The zero-order chi connectivity index (χ0) is 14.0. The molecule has 0 unspecified atom stereocenters. The van der Waals surface area contributed by atoms with Gasteiger partial charge in [-0.2, -0.15) is 0 Å². The van der Waals surface area contributed by atoms with E-state index in [1.54, 1.807) is 0 Å². The first-order valence-electron chi connectivity index (χ1n) is 5.43. The van der Waals surface area contributed by atoms with Gasteiger partial charge in [0.05, 0.1) is 7.11 Å². The highest BCUT2D eigenvalue weighted by atomic mass is 19.1. The highest BCUT2D eigenvalue weighted by molar-refractivity contribution is 5.92. The summed E-state index contributed by atoms with van der Waals surface area (Å²) in [4.78, 5) is 11.0. The maximum atomic E-state index is 12.9. The van der Waals surface area contributed by atoms with Crippen molar-refractivity contribution in [1.82, 2.24) is 0 Å². The molecule has 2 N–H and O–H groups in total. The van der Waals surface area contributed by atoms with Gasteiger partial charge in [0, 0.05) is 11.6 Å². The maximum absolute atomic E-state index is 12.9. The number of hydrogen-bond acceptors (Lipinski definition) is 3. The smallest absolute Gasteiger partial charge is 0.339 e. The predicted molar refractivity (Wildman–Crippen MR) is 67.0 cm³/mol. The molecule has 0 aromatic heterocycles. The van der Waals surface area contributed by atoms with Crippen molar-refractivity contribution in [2.24, 2.45) is 0 Å². The summed E-state index contributed by atoms with van der Waals surface area (Å²) >= 11 is 0. The lowest BCUT2D eigenvalue weighted by molar-refractivity contribution is 0.0693. The van der Waals surface area contributed by atoms with Crippen molar-refractivity contribution in [3.05, 3.63) is 47.8 Å². The molecular weight excluding hydrogens is 251 g/mol. The number of benzene rings is 2. The van der Waals surface area contributed by atoms with Gasteiger partial charge in [0.15, 0.2) is 0 Å². The van der Waals surface area contributed by atoms with Crippen LogP contribution in [0.3, 0.4) is 0 Å². The molecule has 2 aromatic rings. The predicted octanol–water partition coefficient (Wildman–Crippen LogP) is 2.91. The molecule has 0 radical (unpaired) electrons. The van der Waals surface area contributed by atoms with Gasteiger partial charge in [0.25, 0.3) is 0 Å². The molecule has 98 valence electrons. The van der Waals surface area contributed by atoms with Crippen LogP contribution in [-0.2, 0) is 0 Å². The van der Waals surface area contributed by atoms with Crippen LogP contribution in [0.15, 0.2) is 36.4 Å². The average molecular weight is 262 g/mol. The molecule has 0 aliphatic carbocycles. The van der Waals surface area contributed by atoms with Crippen molar-refractivity contribution in [3.63, 3.8) is 0 Å². The van der Waals surface area contributed by atoms with Crippen LogP contribution in [-0.4, -0.2) is 23.3 Å². The third-order valence-corrected chi connectivity index (χ3v) is 2.70. The molecule has 0 fully saturated rings. The van der Waals surface area contributed by atoms with E-state index in [1.807, 2.05) is 0 Å². The number of aromatic hydroxyl groups is 1. The Morgan fingerprint density at radius 3 is 2.53 bits per heavy atom. The minimum Gasteiger partial charge on any atom is -0.507 e. The van der Waals surface area contributed by atoms with Crippen LogP contribution in [0.2, 0.25) is 0 Å². The van der Waals surface area contributed by atoms with Crippen LogP contribution < -0.4 is 4.74 Å². The second-order valence-corrected chi connectivity index (χ2v) is 3.88. The summed E-state index contributed by atoms with van der Waals surface area (Å²) in [6, 6.07) is 8.01. The Hall–Kier alpha value is -2.56. The van der Waals surface area contributed by atoms with E-state index in [1.165, 1.54) is 37.4 Å². The van der Waals surface area contributed by atoms with Gasteiger partial charge in [-0.25, -0.2) is 9.18 Å². The molecule has 0 amide bonds. The lowest BCUT2D eigenvalue weighted by atomic mass is 10.0. The third kappa shape index (κ3) is 2.49. The number of phenolic OH excluding ortho intramolecular Hbond substituents is 1. The van der Waals surface area contributed by atoms with E-state index in [4.69, 9.17) is 9.84 Å². The van der Waals surface area contributed by atoms with Crippen molar-refractivity contribution in [1.29, 1.82) is 0 Å². The first-order chi connectivity index (χ1) is 9.02. The molecule has 19 heavy (non-hydrogen) atoms. The Bertz CT molecular complexity index is 637. The number of methoxy groups -OCH3 is 1. The van der Waals surface area contributed by atoms with Crippen LogP contribution >= 0.6 is 0 Å². The number of rotatable bonds is 3. The molecule has 0 spiro atoms. The summed E-state index contributed by atoms with van der Waals surface area (Å²) in [7, 11) is 1.36. The van der Waals surface area contributed by atoms with Gasteiger partial charge in [-0.05, 0) is 29.8 Å². The normalized spacial score (nSPS) is 10.2. The van der Waals surface area contributed by atoms with E-state index in [-0.39, 0.29) is 17.1 Å². The van der Waals surface area contributed by atoms with Crippen molar-refractivity contribution < 1.29 is 24.1 Å². The zero-order valence-corrected chi connectivity index (χ0v) is 10.1. The van der Waals surface area contributed by atoms with Crippen molar-refractivity contribution >= 4 is 5.97 Å². The standard InChI is InChI=1S/C14H11FO4/c1-19-13-6-8(2-4-11(13)14(17)18)10-5-3-9(15)7-12(10)16/h2-7,16H,1H3,(H,17,18). The molecule has 0 heterocycles. The zero-order valence-electron chi connectivity index (χ0n) is 10.1. The summed E-state index contributed by atoms with van der Waals surface area (Å²) < 4.78 is 17.9. The number of carboxylic acid groups (broad SMARTS) is 1. The number of hydrogen-bond donors (Lipinski definition) is 2. The SMILES string of the molecule is COc1cc(-c2ccc(F)cc2O)ccc1C(=O)O. The lowest BCUT2D eigenvalue weighted by Crippen LogP contribution is -2.00.